The third-order valence-corrected chi connectivity index (χ3v) is 4.12. The predicted octanol–water partition coefficient (Wildman–Crippen LogP) is 1.67. The molecule has 3 rings (SSSR count). The maximum absolute atomic E-state index is 12.4. The van der Waals surface area contributed by atoms with Gasteiger partial charge in [0, 0.05) is 18.9 Å². The van der Waals surface area contributed by atoms with Crippen LogP contribution in [0.4, 0.5) is 0 Å². The largest absolute Gasteiger partial charge is 0.497 e. The Bertz CT molecular complexity index is 587. The maximum Gasteiger partial charge on any atom is 0.344 e. The molecule has 1 aromatic rings. The Labute approximate surface area is 128 Å². The molecule has 0 amide bonds. The minimum absolute atomic E-state index is 0.175. The van der Waals surface area contributed by atoms with E-state index in [1.54, 1.807) is 19.2 Å². The van der Waals surface area contributed by atoms with Crippen LogP contribution in [0.3, 0.4) is 0 Å². The van der Waals surface area contributed by atoms with E-state index < -0.39 is 17.9 Å². The Morgan fingerprint density at radius 2 is 2.09 bits per heavy atom. The van der Waals surface area contributed by atoms with Gasteiger partial charge in [-0.15, -0.1) is 0 Å². The molecule has 0 saturated carbocycles. The Kier molecular flexibility index (Phi) is 3.74. The first kappa shape index (κ1) is 15.1. The summed E-state index contributed by atoms with van der Waals surface area (Å²) in [5.74, 6) is -0.594. The zero-order valence-corrected chi connectivity index (χ0v) is 12.9. The second-order valence-corrected chi connectivity index (χ2v) is 5.86. The number of esters is 1. The van der Waals surface area contributed by atoms with Crippen molar-refractivity contribution in [2.24, 2.45) is 0 Å². The summed E-state index contributed by atoms with van der Waals surface area (Å²) in [7, 11) is 3.05. The first-order valence-electron chi connectivity index (χ1n) is 7.30. The van der Waals surface area contributed by atoms with E-state index in [-0.39, 0.29) is 12.5 Å². The molecule has 6 heteroatoms. The number of aliphatic hydroxyl groups excluding tert-OH is 1. The molecule has 1 N–H and O–H groups in total. The van der Waals surface area contributed by atoms with Gasteiger partial charge in [-0.1, -0.05) is 0 Å². The Morgan fingerprint density at radius 1 is 1.32 bits per heavy atom. The summed E-state index contributed by atoms with van der Waals surface area (Å²) in [6.45, 7) is 1.86. The van der Waals surface area contributed by atoms with Gasteiger partial charge in [-0.3, -0.25) is 0 Å². The number of carbonyl (C=O) groups is 1. The van der Waals surface area contributed by atoms with Gasteiger partial charge in [-0.2, -0.15) is 0 Å². The average Bonchev–Trinajstić information content (AvgIpc) is 2.43. The van der Waals surface area contributed by atoms with Gasteiger partial charge in [-0.25, -0.2) is 4.79 Å². The molecule has 120 valence electrons. The molecule has 0 aliphatic carbocycles. The molecule has 0 radical (unpaired) electrons. The molecule has 22 heavy (non-hydrogen) atoms. The fourth-order valence-electron chi connectivity index (χ4n) is 3.31. The van der Waals surface area contributed by atoms with Crippen LogP contribution in [0, 0.1) is 0 Å². The van der Waals surface area contributed by atoms with Crippen LogP contribution in [0.2, 0.25) is 0 Å². The van der Waals surface area contributed by atoms with Gasteiger partial charge < -0.3 is 24.1 Å². The minimum Gasteiger partial charge on any atom is -0.497 e. The van der Waals surface area contributed by atoms with E-state index in [4.69, 9.17) is 18.9 Å². The number of hydrogen-bond acceptors (Lipinski definition) is 6. The van der Waals surface area contributed by atoms with Crippen LogP contribution in [-0.4, -0.2) is 43.3 Å². The van der Waals surface area contributed by atoms with E-state index in [0.717, 1.165) is 5.56 Å². The number of rotatable bonds is 2. The Balaban J connectivity index is 2.03. The number of carbonyl (C=O) groups excluding carboxylic acids is 1. The Morgan fingerprint density at radius 3 is 2.73 bits per heavy atom. The van der Waals surface area contributed by atoms with Crippen molar-refractivity contribution in [1.82, 2.24) is 0 Å². The standard InChI is InChI=1S/C16H20O6/c1-9-4-11(17)8-16(21-9)7-10-5-12(19-2)6-13(20-3)14(10)15(18)22-16/h5-6,9,11,17H,4,7-8H2,1-3H3/t9-,11+,16-/m0/s1. The summed E-state index contributed by atoms with van der Waals surface area (Å²) < 4.78 is 22.0. The molecule has 6 nitrogen and oxygen atoms in total. The highest BCUT2D eigenvalue weighted by atomic mass is 16.7. The van der Waals surface area contributed by atoms with Crippen molar-refractivity contribution in [1.29, 1.82) is 0 Å². The number of benzene rings is 1. The number of methoxy groups -OCH3 is 2. The van der Waals surface area contributed by atoms with Crippen molar-refractivity contribution < 1.29 is 28.8 Å². The van der Waals surface area contributed by atoms with E-state index in [2.05, 4.69) is 0 Å². The van der Waals surface area contributed by atoms with Crippen LogP contribution in [-0.2, 0) is 15.9 Å². The van der Waals surface area contributed by atoms with Gasteiger partial charge in [0.2, 0.25) is 5.79 Å². The summed E-state index contributed by atoms with van der Waals surface area (Å²) in [6.07, 6.45) is 0.440. The zero-order chi connectivity index (χ0) is 15.9. The maximum atomic E-state index is 12.4. The molecule has 0 bridgehead atoms. The second-order valence-electron chi connectivity index (χ2n) is 5.86. The van der Waals surface area contributed by atoms with Gasteiger partial charge in [0.1, 0.15) is 17.1 Å². The molecule has 0 unspecified atom stereocenters. The highest BCUT2D eigenvalue weighted by Gasteiger charge is 2.48. The molecule has 0 aromatic heterocycles. The van der Waals surface area contributed by atoms with Crippen molar-refractivity contribution in [3.8, 4) is 11.5 Å². The van der Waals surface area contributed by atoms with Crippen LogP contribution in [0.1, 0.15) is 35.7 Å². The van der Waals surface area contributed by atoms with Gasteiger partial charge in [0.05, 0.1) is 26.4 Å². The van der Waals surface area contributed by atoms with Gasteiger partial charge in [-0.05, 0) is 25.0 Å². The number of fused-ring (bicyclic) bond motifs is 1. The smallest absolute Gasteiger partial charge is 0.344 e. The summed E-state index contributed by atoms with van der Waals surface area (Å²) in [5.41, 5.74) is 1.14. The second kappa shape index (κ2) is 5.44. The minimum atomic E-state index is -1.11. The van der Waals surface area contributed by atoms with Crippen molar-refractivity contribution in [2.45, 2.75) is 44.2 Å². The highest BCUT2D eigenvalue weighted by Crippen LogP contribution is 2.42. The molecule has 1 fully saturated rings. The van der Waals surface area contributed by atoms with Crippen molar-refractivity contribution in [2.75, 3.05) is 14.2 Å². The number of aliphatic hydroxyl groups is 1. The van der Waals surface area contributed by atoms with Crippen LogP contribution in [0.5, 0.6) is 11.5 Å². The lowest BCUT2D eigenvalue weighted by Crippen LogP contribution is -2.52. The van der Waals surface area contributed by atoms with Crippen molar-refractivity contribution in [3.63, 3.8) is 0 Å². The van der Waals surface area contributed by atoms with Crippen molar-refractivity contribution >= 4 is 5.97 Å². The van der Waals surface area contributed by atoms with Crippen LogP contribution >= 0.6 is 0 Å². The lowest BCUT2D eigenvalue weighted by atomic mass is 9.89. The molecule has 1 aromatic carbocycles. The van der Waals surface area contributed by atoms with Gasteiger partial charge >= 0.3 is 5.97 Å². The van der Waals surface area contributed by atoms with Crippen LogP contribution < -0.4 is 9.47 Å². The number of hydrogen-bond donors (Lipinski definition) is 1. The third kappa shape index (κ3) is 2.53. The SMILES string of the molecule is COc1cc2c(c(OC)c1)C(=O)O[C@@]1(C2)C[C@H](O)C[C@H](C)O1. The Hall–Kier alpha value is -1.79. The first-order valence-corrected chi connectivity index (χ1v) is 7.30. The fourth-order valence-corrected chi connectivity index (χ4v) is 3.31. The summed E-state index contributed by atoms with van der Waals surface area (Å²) in [4.78, 5) is 12.4. The molecular formula is C16H20O6. The zero-order valence-electron chi connectivity index (χ0n) is 12.9. The van der Waals surface area contributed by atoms with E-state index >= 15 is 0 Å². The van der Waals surface area contributed by atoms with Crippen LogP contribution in [0.25, 0.3) is 0 Å². The van der Waals surface area contributed by atoms with Crippen LogP contribution in [0.15, 0.2) is 12.1 Å². The fraction of sp³-hybridized carbons (Fsp3) is 0.562. The summed E-state index contributed by atoms with van der Waals surface area (Å²) >= 11 is 0. The van der Waals surface area contributed by atoms with E-state index in [9.17, 15) is 9.90 Å². The van der Waals surface area contributed by atoms with Gasteiger partial charge in [0.15, 0.2) is 0 Å². The summed E-state index contributed by atoms with van der Waals surface area (Å²) in [5, 5.41) is 10.0. The molecule has 1 spiro atoms. The quantitative estimate of drug-likeness (QED) is 0.838. The lowest BCUT2D eigenvalue weighted by Gasteiger charge is -2.44. The summed E-state index contributed by atoms with van der Waals surface area (Å²) in [6, 6.07) is 3.44. The number of ether oxygens (including phenoxy) is 4. The molecule has 3 atom stereocenters. The van der Waals surface area contributed by atoms with Gasteiger partial charge in [0.25, 0.3) is 0 Å². The highest BCUT2D eigenvalue weighted by molar-refractivity contribution is 5.96. The molecule has 2 aliphatic heterocycles. The topological polar surface area (TPSA) is 74.2 Å². The monoisotopic (exact) mass is 308 g/mol. The molecular weight excluding hydrogens is 288 g/mol. The van der Waals surface area contributed by atoms with Crippen molar-refractivity contribution in [3.05, 3.63) is 23.3 Å². The predicted molar refractivity (Wildman–Crippen MR) is 77.2 cm³/mol. The van der Waals surface area contributed by atoms with E-state index in [0.29, 0.717) is 29.9 Å². The first-order chi connectivity index (χ1) is 10.5. The molecule has 1 saturated heterocycles. The molecule has 2 heterocycles. The van der Waals surface area contributed by atoms with E-state index in [1.165, 1.54) is 7.11 Å². The average molecular weight is 308 g/mol. The molecule has 2 aliphatic rings. The van der Waals surface area contributed by atoms with E-state index in [1.807, 2.05) is 6.92 Å². The third-order valence-electron chi connectivity index (χ3n) is 4.12. The lowest BCUT2D eigenvalue weighted by molar-refractivity contribution is -0.268. The normalized spacial score (nSPS) is 30.6.